The summed E-state index contributed by atoms with van der Waals surface area (Å²) in [6.45, 7) is 14.8. The van der Waals surface area contributed by atoms with E-state index in [9.17, 15) is 9.59 Å². The molecule has 0 saturated carbocycles. The van der Waals surface area contributed by atoms with Crippen LogP contribution in [0.1, 0.15) is 33.3 Å². The van der Waals surface area contributed by atoms with Gasteiger partial charge in [0.15, 0.2) is 0 Å². The lowest BCUT2D eigenvalue weighted by molar-refractivity contribution is 0.664. The van der Waals surface area contributed by atoms with Crippen molar-refractivity contribution in [1.29, 1.82) is 0 Å². The number of nitrogens with zero attached hydrogens (tertiary/aromatic N) is 3. The minimum atomic E-state index is -0.498. The Hall–Kier alpha value is -2.68. The lowest BCUT2D eigenvalue weighted by Gasteiger charge is -2.10. The maximum atomic E-state index is 10.5. The highest BCUT2D eigenvalue weighted by atomic mass is 16.2. The van der Waals surface area contributed by atoms with Crippen molar-refractivity contribution in [2.45, 2.75) is 33.2 Å². The molecule has 0 bridgehead atoms. The van der Waals surface area contributed by atoms with E-state index in [2.05, 4.69) is 9.94 Å². The van der Waals surface area contributed by atoms with E-state index in [0.29, 0.717) is 0 Å². The third kappa shape index (κ3) is 6.18. The summed E-state index contributed by atoms with van der Waals surface area (Å²) >= 11 is 0. The second-order valence-corrected chi connectivity index (χ2v) is 4.60. The van der Waals surface area contributed by atoms with Crippen molar-refractivity contribution >= 4 is 0 Å². The van der Waals surface area contributed by atoms with E-state index in [0.717, 1.165) is 16.4 Å². The molecule has 0 amide bonds. The number of benzene rings is 1. The SMILES string of the molecule is CC.Cn1ncc(=O)[nH]c1=O.[C-]#[N+]C(C)(C)c1ccccc1. The van der Waals surface area contributed by atoms with Crippen LogP contribution in [0.2, 0.25) is 0 Å². The zero-order valence-electron chi connectivity index (χ0n) is 13.6. The van der Waals surface area contributed by atoms with Gasteiger partial charge in [-0.25, -0.2) is 16.0 Å². The van der Waals surface area contributed by atoms with Crippen LogP contribution >= 0.6 is 0 Å². The average Bonchev–Trinajstić information content (AvgIpc) is 2.55. The van der Waals surface area contributed by atoms with Crippen LogP contribution in [0.3, 0.4) is 0 Å². The molecule has 0 spiro atoms. The predicted octanol–water partition coefficient (Wildman–Crippen LogP) is 2.34. The van der Waals surface area contributed by atoms with Crippen LogP contribution in [0.4, 0.5) is 0 Å². The fourth-order valence-electron chi connectivity index (χ4n) is 1.32. The highest BCUT2D eigenvalue weighted by Gasteiger charge is 2.24. The number of hydrogen-bond acceptors (Lipinski definition) is 3. The van der Waals surface area contributed by atoms with Crippen molar-refractivity contribution < 1.29 is 0 Å². The van der Waals surface area contributed by atoms with E-state index in [4.69, 9.17) is 6.57 Å². The first kappa shape index (κ1) is 19.3. The lowest BCUT2D eigenvalue weighted by atomic mass is 9.96. The molecule has 1 aromatic carbocycles. The second-order valence-electron chi connectivity index (χ2n) is 4.60. The average molecular weight is 302 g/mol. The molecule has 0 saturated heterocycles. The van der Waals surface area contributed by atoms with Gasteiger partial charge < -0.3 is 4.85 Å². The Balaban J connectivity index is 0.000000366. The molecule has 0 unspecified atom stereocenters. The summed E-state index contributed by atoms with van der Waals surface area (Å²) in [4.78, 5) is 26.4. The number of aryl methyl sites for hydroxylation is 1. The highest BCUT2D eigenvalue weighted by Crippen LogP contribution is 2.23. The van der Waals surface area contributed by atoms with Crippen LogP contribution in [0.25, 0.3) is 4.85 Å². The van der Waals surface area contributed by atoms with E-state index in [-0.39, 0.29) is 5.54 Å². The number of nitrogens with one attached hydrogen (secondary N) is 1. The number of aromatic nitrogens is 3. The third-order valence-corrected chi connectivity index (χ3v) is 2.63. The van der Waals surface area contributed by atoms with Gasteiger partial charge in [0.1, 0.15) is 6.20 Å². The summed E-state index contributed by atoms with van der Waals surface area (Å²) in [5.41, 5.74) is -0.267. The van der Waals surface area contributed by atoms with Gasteiger partial charge in [0.05, 0.1) is 0 Å². The molecular weight excluding hydrogens is 280 g/mol. The molecular formula is C16H22N4O2. The molecule has 1 aromatic heterocycles. The van der Waals surface area contributed by atoms with Gasteiger partial charge in [-0.2, -0.15) is 5.10 Å². The summed E-state index contributed by atoms with van der Waals surface area (Å²) in [6, 6.07) is 9.85. The largest absolute Gasteiger partial charge is 0.344 e. The molecule has 0 aliphatic rings. The first-order chi connectivity index (χ1) is 10.4. The van der Waals surface area contributed by atoms with Crippen molar-refractivity contribution in [2.75, 3.05) is 0 Å². The molecule has 2 aromatic rings. The van der Waals surface area contributed by atoms with Crippen molar-refractivity contribution in [3.63, 3.8) is 0 Å². The number of aromatic amines is 1. The summed E-state index contributed by atoms with van der Waals surface area (Å²) in [6.07, 6.45) is 1.04. The molecule has 0 radical (unpaired) electrons. The quantitative estimate of drug-likeness (QED) is 0.822. The van der Waals surface area contributed by atoms with Gasteiger partial charge in [0.2, 0.25) is 0 Å². The van der Waals surface area contributed by atoms with E-state index >= 15 is 0 Å². The first-order valence-corrected chi connectivity index (χ1v) is 6.93. The Morgan fingerprint density at radius 3 is 2.14 bits per heavy atom. The molecule has 118 valence electrons. The molecule has 2 rings (SSSR count). The fourth-order valence-corrected chi connectivity index (χ4v) is 1.32. The van der Waals surface area contributed by atoms with Crippen LogP contribution in [-0.2, 0) is 12.6 Å². The Morgan fingerprint density at radius 2 is 1.73 bits per heavy atom. The van der Waals surface area contributed by atoms with Gasteiger partial charge in [-0.3, -0.25) is 9.78 Å². The minimum absolute atomic E-state index is 0.374. The van der Waals surface area contributed by atoms with Gasteiger partial charge in [-0.15, -0.1) is 0 Å². The highest BCUT2D eigenvalue weighted by molar-refractivity contribution is 5.25. The summed E-state index contributed by atoms with van der Waals surface area (Å²) in [5, 5.41) is 3.44. The number of rotatable bonds is 1. The van der Waals surface area contributed by atoms with Gasteiger partial charge in [0, 0.05) is 26.5 Å². The molecule has 0 aliphatic heterocycles. The second kappa shape index (κ2) is 9.29. The van der Waals surface area contributed by atoms with E-state index in [1.165, 1.54) is 7.05 Å². The van der Waals surface area contributed by atoms with Gasteiger partial charge in [-0.1, -0.05) is 44.2 Å². The molecule has 0 atom stereocenters. The molecule has 0 fully saturated rings. The van der Waals surface area contributed by atoms with Crippen LogP contribution in [-0.4, -0.2) is 14.8 Å². The molecule has 6 heteroatoms. The molecule has 0 aliphatic carbocycles. The van der Waals surface area contributed by atoms with Crippen molar-refractivity contribution in [3.8, 4) is 0 Å². The Labute approximate surface area is 130 Å². The summed E-state index contributed by atoms with van der Waals surface area (Å²) < 4.78 is 1.04. The summed E-state index contributed by atoms with van der Waals surface area (Å²) in [5.74, 6) is 0. The normalized spacial score (nSPS) is 9.45. The van der Waals surface area contributed by atoms with Crippen LogP contribution in [0.5, 0.6) is 0 Å². The maximum Gasteiger partial charge on any atom is 0.344 e. The predicted molar refractivity (Wildman–Crippen MR) is 87.5 cm³/mol. The smallest absolute Gasteiger partial charge is 0.306 e. The van der Waals surface area contributed by atoms with Crippen molar-refractivity contribution in [3.05, 3.63) is 74.3 Å². The molecule has 22 heavy (non-hydrogen) atoms. The van der Waals surface area contributed by atoms with E-state index in [1.807, 2.05) is 63.0 Å². The first-order valence-electron chi connectivity index (χ1n) is 6.93. The third-order valence-electron chi connectivity index (χ3n) is 2.63. The van der Waals surface area contributed by atoms with Crippen LogP contribution in [0.15, 0.2) is 46.1 Å². The zero-order valence-corrected chi connectivity index (χ0v) is 13.6. The minimum Gasteiger partial charge on any atom is -0.306 e. The van der Waals surface area contributed by atoms with Crippen LogP contribution in [0, 0.1) is 6.57 Å². The summed E-state index contributed by atoms with van der Waals surface area (Å²) in [7, 11) is 1.46. The van der Waals surface area contributed by atoms with Crippen molar-refractivity contribution in [1.82, 2.24) is 14.8 Å². The van der Waals surface area contributed by atoms with Gasteiger partial charge >= 0.3 is 5.69 Å². The topological polar surface area (TPSA) is 72.1 Å². The zero-order chi connectivity index (χ0) is 17.2. The standard InChI is InChI=1S/C10H11N.C4H5N3O2.C2H6/c1-10(2,11-3)9-7-5-4-6-8-9;1-7-4(9)6-3(8)2-5-7;1-2/h4-8H,1-2H3;2H,1H3,(H,6,8,9);1-2H3. The Morgan fingerprint density at radius 1 is 1.18 bits per heavy atom. The van der Waals surface area contributed by atoms with Crippen molar-refractivity contribution in [2.24, 2.45) is 7.05 Å². The monoisotopic (exact) mass is 302 g/mol. The van der Waals surface area contributed by atoms with E-state index in [1.54, 1.807) is 0 Å². The molecule has 1 heterocycles. The van der Waals surface area contributed by atoms with Crippen LogP contribution < -0.4 is 11.2 Å². The Kier molecular flexibility index (Phi) is 8.16. The number of H-pyrrole nitrogens is 1. The van der Waals surface area contributed by atoms with Gasteiger partial charge in [0.25, 0.3) is 11.1 Å². The van der Waals surface area contributed by atoms with Gasteiger partial charge in [-0.05, 0) is 0 Å². The molecule has 1 N–H and O–H groups in total. The number of hydrogen-bond donors (Lipinski definition) is 1. The molecule has 6 nitrogen and oxygen atoms in total. The fraction of sp³-hybridized carbons (Fsp3) is 0.375. The lowest BCUT2D eigenvalue weighted by Crippen LogP contribution is -2.29. The Bertz CT molecular complexity index is 709. The van der Waals surface area contributed by atoms with E-state index < -0.39 is 11.2 Å². The maximum absolute atomic E-state index is 10.5.